The van der Waals surface area contributed by atoms with Gasteiger partial charge in [-0.15, -0.1) is 0 Å². The maximum atomic E-state index is 9.70. The van der Waals surface area contributed by atoms with E-state index in [2.05, 4.69) is 81.9 Å². The summed E-state index contributed by atoms with van der Waals surface area (Å²) in [4.78, 5) is 16.6. The molecule has 6 heteroatoms. The third-order valence-corrected chi connectivity index (χ3v) is 8.36. The molecule has 0 saturated carbocycles. The summed E-state index contributed by atoms with van der Waals surface area (Å²) in [5.74, 6) is 0. The van der Waals surface area contributed by atoms with Gasteiger partial charge in [-0.25, -0.2) is 0 Å². The summed E-state index contributed by atoms with van der Waals surface area (Å²) in [5, 5.41) is 21.1. The fourth-order valence-electron chi connectivity index (χ4n) is 5.02. The molecule has 2 N–H and O–H groups in total. The smallest absolute Gasteiger partial charge is 0.149 e. The molecule has 2 aliphatic heterocycles. The zero-order valence-electron chi connectivity index (χ0n) is 22.9. The normalized spacial score (nSPS) is 24.7. The van der Waals surface area contributed by atoms with E-state index in [0.29, 0.717) is 5.69 Å². The van der Waals surface area contributed by atoms with Crippen LogP contribution in [0.4, 0.5) is 0 Å². The predicted octanol–water partition coefficient (Wildman–Crippen LogP) is 4.97. The minimum Gasteiger partial charge on any atom is -0.355 e. The fraction of sp³-hybridized carbons (Fsp3) is 0.467. The molecule has 0 aromatic carbocycles. The molecule has 2 aliphatic rings. The van der Waals surface area contributed by atoms with Gasteiger partial charge in [-0.05, 0) is 81.5 Å². The van der Waals surface area contributed by atoms with Crippen LogP contribution in [0.5, 0.6) is 0 Å². The molecule has 0 radical (unpaired) electrons. The van der Waals surface area contributed by atoms with E-state index < -0.39 is 5.54 Å². The highest BCUT2D eigenvalue weighted by Crippen LogP contribution is 2.44. The molecule has 36 heavy (non-hydrogen) atoms. The number of hydrogen-bond donors (Lipinski definition) is 2. The standard InChI is InChI=1S/C30H36N6/c1-17-18(2)24(12-25-19(3)20(4)26(15-31)35-25)34-23(17)10-21-13-28(5,6)27(33-21)11-22-14-29(7,8)30(9,16-32)36-22/h10-12,34-35H,13-14H2,1-9H3/b23-10-,24-12+,27-11-. The average Bonchev–Trinajstić information content (AvgIpc) is 3.41. The van der Waals surface area contributed by atoms with E-state index in [1.54, 1.807) is 0 Å². The molecule has 0 aliphatic carbocycles. The molecule has 4 heterocycles. The summed E-state index contributed by atoms with van der Waals surface area (Å²) >= 11 is 0. The maximum Gasteiger partial charge on any atom is 0.149 e. The SMILES string of the molecule is Cc1c(C#N)[nH]c(/C=c2/[nH]/c(=C\C3=NC(=C\C4=NC(C)(C#N)C(C)(C)C4)/C(C)(C)C3)c(C)c2C)c1C. The molecule has 2 aromatic rings. The summed E-state index contributed by atoms with van der Waals surface area (Å²) in [6.45, 7) is 18.8. The molecule has 0 spiro atoms. The zero-order valence-corrected chi connectivity index (χ0v) is 22.9. The third-order valence-electron chi connectivity index (χ3n) is 8.36. The average molecular weight is 481 g/mol. The molecule has 6 nitrogen and oxygen atoms in total. The first kappa shape index (κ1) is 25.5. The van der Waals surface area contributed by atoms with Crippen LogP contribution in [-0.4, -0.2) is 26.9 Å². The highest BCUT2D eigenvalue weighted by molar-refractivity contribution is 6.13. The molecule has 1 unspecified atom stereocenters. The van der Waals surface area contributed by atoms with Crippen LogP contribution in [0, 0.1) is 61.2 Å². The summed E-state index contributed by atoms with van der Waals surface area (Å²) < 4.78 is 0. The van der Waals surface area contributed by atoms with Crippen molar-refractivity contribution in [2.45, 2.75) is 80.7 Å². The van der Waals surface area contributed by atoms with Crippen LogP contribution in [0.2, 0.25) is 0 Å². The number of allylic oxidation sites excluding steroid dienone is 2. The summed E-state index contributed by atoms with van der Waals surface area (Å²) in [7, 11) is 0. The minimum absolute atomic E-state index is 0.110. The van der Waals surface area contributed by atoms with E-state index in [-0.39, 0.29) is 10.8 Å². The molecule has 0 bridgehead atoms. The number of aromatic amines is 2. The summed E-state index contributed by atoms with van der Waals surface area (Å²) in [5.41, 5.74) is 7.98. The Bertz CT molecular complexity index is 1550. The minimum atomic E-state index is -0.712. The van der Waals surface area contributed by atoms with Crippen molar-refractivity contribution < 1.29 is 0 Å². The molecule has 2 aromatic heterocycles. The molecule has 0 amide bonds. The van der Waals surface area contributed by atoms with E-state index in [0.717, 1.165) is 57.5 Å². The van der Waals surface area contributed by atoms with Crippen molar-refractivity contribution in [2.24, 2.45) is 20.8 Å². The Morgan fingerprint density at radius 1 is 0.778 bits per heavy atom. The molecule has 4 rings (SSSR count). The topological polar surface area (TPSA) is 104 Å². The second kappa shape index (κ2) is 8.49. The number of rotatable bonds is 3. The van der Waals surface area contributed by atoms with Gasteiger partial charge in [-0.2, -0.15) is 10.5 Å². The number of aliphatic imine (C=N–C) groups is 2. The summed E-state index contributed by atoms with van der Waals surface area (Å²) in [6.07, 6.45) is 7.93. The largest absolute Gasteiger partial charge is 0.355 e. The third kappa shape index (κ3) is 4.16. The molecule has 1 atom stereocenters. The van der Waals surface area contributed by atoms with Crippen molar-refractivity contribution in [3.05, 3.63) is 56.1 Å². The lowest BCUT2D eigenvalue weighted by Gasteiger charge is -2.29. The van der Waals surface area contributed by atoms with Crippen molar-refractivity contribution in [1.29, 1.82) is 10.5 Å². The van der Waals surface area contributed by atoms with Crippen molar-refractivity contribution in [3.63, 3.8) is 0 Å². The van der Waals surface area contributed by atoms with Crippen LogP contribution in [-0.2, 0) is 0 Å². The van der Waals surface area contributed by atoms with Crippen molar-refractivity contribution in [2.75, 3.05) is 0 Å². The van der Waals surface area contributed by atoms with Crippen LogP contribution < -0.4 is 10.7 Å². The van der Waals surface area contributed by atoms with Gasteiger partial charge in [-0.1, -0.05) is 27.7 Å². The first-order valence-electron chi connectivity index (χ1n) is 12.5. The quantitative estimate of drug-likeness (QED) is 0.648. The van der Waals surface area contributed by atoms with Crippen LogP contribution in [0.25, 0.3) is 12.2 Å². The molecule has 0 saturated heterocycles. The van der Waals surface area contributed by atoms with E-state index in [1.165, 1.54) is 11.1 Å². The highest BCUT2D eigenvalue weighted by Gasteiger charge is 2.47. The Balaban J connectivity index is 1.73. The zero-order chi connectivity index (χ0) is 26.6. The number of H-pyrrole nitrogens is 2. The number of nitriles is 2. The first-order valence-corrected chi connectivity index (χ1v) is 12.5. The van der Waals surface area contributed by atoms with Gasteiger partial charge in [0.1, 0.15) is 17.3 Å². The van der Waals surface area contributed by atoms with Gasteiger partial charge < -0.3 is 9.97 Å². The van der Waals surface area contributed by atoms with E-state index in [1.807, 2.05) is 20.8 Å². The molecule has 186 valence electrons. The molecular weight excluding hydrogens is 444 g/mol. The van der Waals surface area contributed by atoms with E-state index in [9.17, 15) is 10.5 Å². The monoisotopic (exact) mass is 480 g/mol. The van der Waals surface area contributed by atoms with Gasteiger partial charge in [-0.3, -0.25) is 9.98 Å². The first-order chi connectivity index (χ1) is 16.7. The Morgan fingerprint density at radius 3 is 1.97 bits per heavy atom. The van der Waals surface area contributed by atoms with Gasteiger partial charge in [0.25, 0.3) is 0 Å². The Kier molecular flexibility index (Phi) is 6.00. The van der Waals surface area contributed by atoms with Gasteiger partial charge in [0.2, 0.25) is 0 Å². The second-order valence-electron chi connectivity index (χ2n) is 11.8. The van der Waals surface area contributed by atoms with Crippen LogP contribution in [0.15, 0.2) is 21.8 Å². The molecular formula is C30H36N6. The number of nitrogens with zero attached hydrogens (tertiary/aromatic N) is 4. The molecule has 0 fully saturated rings. The van der Waals surface area contributed by atoms with Crippen molar-refractivity contribution in [3.8, 4) is 12.1 Å². The Labute approximate surface area is 213 Å². The van der Waals surface area contributed by atoms with Gasteiger partial charge in [0.05, 0.1) is 6.07 Å². The van der Waals surface area contributed by atoms with E-state index in [4.69, 9.17) is 9.98 Å². The van der Waals surface area contributed by atoms with Crippen LogP contribution >= 0.6 is 0 Å². The highest BCUT2D eigenvalue weighted by atomic mass is 14.9. The van der Waals surface area contributed by atoms with Gasteiger partial charge in [0.15, 0.2) is 0 Å². The predicted molar refractivity (Wildman–Crippen MR) is 146 cm³/mol. The van der Waals surface area contributed by atoms with Crippen LogP contribution in [0.1, 0.15) is 81.1 Å². The Morgan fingerprint density at radius 2 is 1.42 bits per heavy atom. The van der Waals surface area contributed by atoms with Crippen molar-refractivity contribution in [1.82, 2.24) is 9.97 Å². The van der Waals surface area contributed by atoms with Crippen LogP contribution in [0.3, 0.4) is 0 Å². The number of nitrogens with one attached hydrogen (secondary N) is 2. The summed E-state index contributed by atoms with van der Waals surface area (Å²) in [6, 6.07) is 4.64. The van der Waals surface area contributed by atoms with E-state index >= 15 is 0 Å². The van der Waals surface area contributed by atoms with Gasteiger partial charge >= 0.3 is 0 Å². The van der Waals surface area contributed by atoms with Crippen molar-refractivity contribution >= 4 is 23.6 Å². The lowest BCUT2D eigenvalue weighted by molar-refractivity contribution is 0.276. The second-order valence-corrected chi connectivity index (χ2v) is 11.8. The fourth-order valence-corrected chi connectivity index (χ4v) is 5.02. The maximum absolute atomic E-state index is 9.70. The number of aromatic nitrogens is 2. The van der Waals surface area contributed by atoms with Gasteiger partial charge in [0, 0.05) is 50.8 Å². The lowest BCUT2D eigenvalue weighted by atomic mass is 9.74. The lowest BCUT2D eigenvalue weighted by Crippen LogP contribution is -2.34. The number of hydrogen-bond acceptors (Lipinski definition) is 4. The Hall–Kier alpha value is -3.64.